The van der Waals surface area contributed by atoms with Crippen LogP contribution in [0.2, 0.25) is 5.02 Å². The van der Waals surface area contributed by atoms with Crippen LogP contribution >= 0.6 is 23.4 Å². The first-order valence-electron chi connectivity index (χ1n) is 7.45. The number of para-hydroxylation sites is 2. The van der Waals surface area contributed by atoms with E-state index in [0.29, 0.717) is 16.7 Å². The molecule has 0 aliphatic rings. The highest BCUT2D eigenvalue weighted by Gasteiger charge is 2.11. The van der Waals surface area contributed by atoms with Crippen LogP contribution in [0.4, 0.5) is 0 Å². The molecule has 0 aliphatic heterocycles. The molecule has 120 valence electrons. The monoisotopic (exact) mass is 355 g/mol. The maximum atomic E-state index is 6.02. The summed E-state index contributed by atoms with van der Waals surface area (Å²) in [6, 6.07) is 15.6. The highest BCUT2D eigenvalue weighted by atomic mass is 35.5. The Balaban J connectivity index is 1.53. The number of imidazole rings is 1. The number of rotatable bonds is 4. The van der Waals surface area contributed by atoms with E-state index in [1.165, 1.54) is 0 Å². The smallest absolute Gasteiger partial charge is 0.205 e. The Kier molecular flexibility index (Phi) is 4.04. The zero-order valence-electron chi connectivity index (χ0n) is 12.9. The van der Waals surface area contributed by atoms with Gasteiger partial charge in [0.2, 0.25) is 5.89 Å². The molecule has 4 rings (SSSR count). The molecule has 2 heterocycles. The molecule has 0 saturated carbocycles. The Morgan fingerprint density at radius 3 is 2.88 bits per heavy atom. The van der Waals surface area contributed by atoms with Crippen molar-refractivity contribution in [3.8, 4) is 11.3 Å². The second kappa shape index (κ2) is 6.34. The maximum absolute atomic E-state index is 6.02. The molecule has 0 atom stereocenters. The number of aryl methyl sites for hydroxylation is 1. The minimum atomic E-state index is 0.623. The van der Waals surface area contributed by atoms with Gasteiger partial charge in [-0.2, -0.15) is 0 Å². The van der Waals surface area contributed by atoms with Crippen LogP contribution in [0.5, 0.6) is 0 Å². The number of aromatic nitrogens is 3. The van der Waals surface area contributed by atoms with Crippen LogP contribution in [0.3, 0.4) is 0 Å². The van der Waals surface area contributed by atoms with Crippen LogP contribution in [-0.4, -0.2) is 14.5 Å². The van der Waals surface area contributed by atoms with Gasteiger partial charge in [0, 0.05) is 17.6 Å². The molecule has 0 unspecified atom stereocenters. The van der Waals surface area contributed by atoms with Crippen LogP contribution in [0, 0.1) is 0 Å². The summed E-state index contributed by atoms with van der Waals surface area (Å²) in [6.07, 6.45) is 1.73. The second-order valence-electron chi connectivity index (χ2n) is 5.36. The van der Waals surface area contributed by atoms with E-state index >= 15 is 0 Å². The van der Waals surface area contributed by atoms with E-state index < -0.39 is 0 Å². The molecule has 6 heteroatoms. The number of fused-ring (bicyclic) bond motifs is 1. The lowest BCUT2D eigenvalue weighted by Crippen LogP contribution is -1.91. The SMILES string of the molecule is Cn1c(SCc2ncc(-c3cccc(Cl)c3)o2)nc2ccccc21. The standard InChI is InChI=1S/C18H14ClN3OS/c1-22-15-8-3-2-7-14(15)21-18(22)24-11-17-20-10-16(23-17)12-5-4-6-13(19)9-12/h2-10H,11H2,1H3. The van der Waals surface area contributed by atoms with Crippen molar-refractivity contribution in [2.24, 2.45) is 7.05 Å². The van der Waals surface area contributed by atoms with Gasteiger partial charge in [-0.25, -0.2) is 9.97 Å². The van der Waals surface area contributed by atoms with Gasteiger partial charge in [-0.3, -0.25) is 0 Å². The predicted octanol–water partition coefficient (Wildman–Crippen LogP) is 5.17. The fourth-order valence-corrected chi connectivity index (χ4v) is 3.56. The lowest BCUT2D eigenvalue weighted by atomic mass is 10.2. The van der Waals surface area contributed by atoms with Crippen molar-refractivity contribution in [3.63, 3.8) is 0 Å². The summed E-state index contributed by atoms with van der Waals surface area (Å²) >= 11 is 7.63. The van der Waals surface area contributed by atoms with Gasteiger partial charge in [-0.05, 0) is 24.3 Å². The van der Waals surface area contributed by atoms with Gasteiger partial charge in [-0.15, -0.1) is 0 Å². The van der Waals surface area contributed by atoms with E-state index in [4.69, 9.17) is 16.0 Å². The van der Waals surface area contributed by atoms with Crippen LogP contribution in [0.25, 0.3) is 22.4 Å². The number of hydrogen-bond acceptors (Lipinski definition) is 4. The molecule has 24 heavy (non-hydrogen) atoms. The molecular weight excluding hydrogens is 342 g/mol. The van der Waals surface area contributed by atoms with E-state index in [9.17, 15) is 0 Å². The summed E-state index contributed by atoms with van der Waals surface area (Å²) < 4.78 is 7.92. The van der Waals surface area contributed by atoms with Crippen molar-refractivity contribution >= 4 is 34.4 Å². The van der Waals surface area contributed by atoms with Gasteiger partial charge in [0.05, 0.1) is 23.0 Å². The van der Waals surface area contributed by atoms with Crippen molar-refractivity contribution in [1.82, 2.24) is 14.5 Å². The quantitative estimate of drug-likeness (QED) is 0.473. The molecule has 0 amide bonds. The minimum absolute atomic E-state index is 0.623. The minimum Gasteiger partial charge on any atom is -0.440 e. The Morgan fingerprint density at radius 1 is 1.17 bits per heavy atom. The van der Waals surface area contributed by atoms with Crippen LogP contribution in [0.15, 0.2) is 64.3 Å². The summed E-state index contributed by atoms with van der Waals surface area (Å²) in [5, 5.41) is 1.62. The molecule has 0 bridgehead atoms. The van der Waals surface area contributed by atoms with E-state index in [0.717, 1.165) is 27.5 Å². The van der Waals surface area contributed by atoms with E-state index in [2.05, 4.69) is 20.6 Å². The van der Waals surface area contributed by atoms with Crippen molar-refractivity contribution in [3.05, 3.63) is 65.6 Å². The molecule has 0 spiro atoms. The van der Waals surface area contributed by atoms with Gasteiger partial charge in [-0.1, -0.05) is 47.6 Å². The largest absolute Gasteiger partial charge is 0.440 e. The van der Waals surface area contributed by atoms with Crippen molar-refractivity contribution in [1.29, 1.82) is 0 Å². The third-order valence-electron chi connectivity index (χ3n) is 3.73. The molecule has 2 aromatic heterocycles. The summed E-state index contributed by atoms with van der Waals surface area (Å²) in [7, 11) is 2.02. The van der Waals surface area contributed by atoms with Gasteiger partial charge >= 0.3 is 0 Å². The Labute approximate surface area is 148 Å². The first-order chi connectivity index (χ1) is 11.7. The zero-order chi connectivity index (χ0) is 16.5. The molecule has 0 saturated heterocycles. The van der Waals surface area contributed by atoms with E-state index in [1.807, 2.05) is 49.5 Å². The first-order valence-corrected chi connectivity index (χ1v) is 8.82. The van der Waals surface area contributed by atoms with Gasteiger partial charge in [0.1, 0.15) is 0 Å². The van der Waals surface area contributed by atoms with Crippen LogP contribution in [0.1, 0.15) is 5.89 Å². The molecule has 2 aromatic carbocycles. The number of halogens is 1. The lowest BCUT2D eigenvalue weighted by Gasteiger charge is -2.00. The van der Waals surface area contributed by atoms with Crippen LogP contribution < -0.4 is 0 Å². The van der Waals surface area contributed by atoms with Crippen molar-refractivity contribution < 1.29 is 4.42 Å². The fraction of sp³-hybridized carbons (Fsp3) is 0.111. The predicted molar refractivity (Wildman–Crippen MR) is 97.2 cm³/mol. The first kappa shape index (κ1) is 15.3. The molecule has 4 aromatic rings. The Bertz CT molecular complexity index is 1010. The van der Waals surface area contributed by atoms with E-state index in [1.54, 1.807) is 18.0 Å². The second-order valence-corrected chi connectivity index (χ2v) is 6.74. The Morgan fingerprint density at radius 2 is 2.04 bits per heavy atom. The van der Waals surface area contributed by atoms with Crippen LogP contribution in [-0.2, 0) is 12.8 Å². The summed E-state index contributed by atoms with van der Waals surface area (Å²) in [4.78, 5) is 9.00. The van der Waals surface area contributed by atoms with Crippen molar-refractivity contribution in [2.75, 3.05) is 0 Å². The van der Waals surface area contributed by atoms with Crippen molar-refractivity contribution in [2.45, 2.75) is 10.9 Å². The molecule has 0 aliphatic carbocycles. The molecular formula is C18H14ClN3OS. The van der Waals surface area contributed by atoms with Gasteiger partial charge < -0.3 is 8.98 Å². The fourth-order valence-electron chi connectivity index (χ4n) is 2.53. The number of thioether (sulfide) groups is 1. The summed E-state index contributed by atoms with van der Waals surface area (Å²) in [5.74, 6) is 2.01. The third-order valence-corrected chi connectivity index (χ3v) is 4.98. The number of benzene rings is 2. The molecule has 0 radical (unpaired) electrons. The molecule has 4 nitrogen and oxygen atoms in total. The molecule has 0 fully saturated rings. The van der Waals surface area contributed by atoms with Gasteiger partial charge in [0.15, 0.2) is 10.9 Å². The average molecular weight is 356 g/mol. The average Bonchev–Trinajstić information content (AvgIpc) is 3.19. The maximum Gasteiger partial charge on any atom is 0.205 e. The summed E-state index contributed by atoms with van der Waals surface area (Å²) in [5.41, 5.74) is 3.04. The summed E-state index contributed by atoms with van der Waals surface area (Å²) in [6.45, 7) is 0. The number of hydrogen-bond donors (Lipinski definition) is 0. The number of oxazole rings is 1. The highest BCUT2D eigenvalue weighted by Crippen LogP contribution is 2.28. The van der Waals surface area contributed by atoms with E-state index in [-0.39, 0.29) is 0 Å². The topological polar surface area (TPSA) is 43.9 Å². The van der Waals surface area contributed by atoms with Gasteiger partial charge in [0.25, 0.3) is 0 Å². The Hall–Kier alpha value is -2.24. The zero-order valence-corrected chi connectivity index (χ0v) is 14.5. The third kappa shape index (κ3) is 2.92. The highest BCUT2D eigenvalue weighted by molar-refractivity contribution is 7.98. The lowest BCUT2D eigenvalue weighted by molar-refractivity contribution is 0.529. The normalized spacial score (nSPS) is 11.2. The molecule has 0 N–H and O–H groups in total. The number of nitrogens with zero attached hydrogens (tertiary/aromatic N) is 3.